The number of aromatic nitrogens is 3. The minimum Gasteiger partial charge on any atom is -0.497 e. The fraction of sp³-hybridized carbons (Fsp3) is 0.600. The van der Waals surface area contributed by atoms with Crippen LogP contribution in [0.25, 0.3) is 0 Å². The number of hydrogen-bond donors (Lipinski definition) is 1. The highest BCUT2D eigenvalue weighted by Gasteiger charge is 2.48. The Kier molecular flexibility index (Phi) is 6.03. The third-order valence-electron chi connectivity index (χ3n) is 5.88. The normalized spacial score (nSPS) is 24.7. The van der Waals surface area contributed by atoms with Crippen LogP contribution in [0.5, 0.6) is 11.5 Å². The van der Waals surface area contributed by atoms with Crippen molar-refractivity contribution in [2.45, 2.75) is 37.5 Å². The molecule has 3 atom stereocenters. The number of piperidine rings is 1. The second-order valence-electron chi connectivity index (χ2n) is 7.80. The van der Waals surface area contributed by atoms with Gasteiger partial charge in [0.25, 0.3) is 0 Å². The van der Waals surface area contributed by atoms with E-state index in [2.05, 4.69) is 20.3 Å². The maximum Gasteiger partial charge on any atom is 0.411 e. The van der Waals surface area contributed by atoms with Gasteiger partial charge in [-0.25, -0.2) is 4.68 Å². The number of benzene rings is 1. The number of nitrogens with zero attached hydrogens (tertiary/aromatic N) is 4. The molecule has 30 heavy (non-hydrogen) atoms. The van der Waals surface area contributed by atoms with E-state index in [9.17, 15) is 13.2 Å². The van der Waals surface area contributed by atoms with Gasteiger partial charge in [0.1, 0.15) is 24.4 Å². The van der Waals surface area contributed by atoms with E-state index in [0.717, 1.165) is 48.7 Å². The minimum atomic E-state index is -4.34. The Morgan fingerprint density at radius 1 is 1.20 bits per heavy atom. The van der Waals surface area contributed by atoms with Gasteiger partial charge >= 0.3 is 6.18 Å². The highest BCUT2D eigenvalue weighted by atomic mass is 19.4. The first-order valence-electron chi connectivity index (χ1n) is 10.2. The van der Waals surface area contributed by atoms with Crippen molar-refractivity contribution in [2.24, 2.45) is 5.92 Å². The molecule has 1 aromatic heterocycles. The smallest absolute Gasteiger partial charge is 0.411 e. The molecule has 4 rings (SSSR count). The fourth-order valence-electron chi connectivity index (χ4n) is 4.32. The molecule has 3 heterocycles. The summed E-state index contributed by atoms with van der Waals surface area (Å²) in [7, 11) is 1.62. The maximum absolute atomic E-state index is 13.5. The highest BCUT2D eigenvalue weighted by molar-refractivity contribution is 5.31. The SMILES string of the molecule is COc1ccc(OCCN2CCCC([C@@H]3C[C@H](C(F)(F)F)n4ncnc4N3)C2)cc1. The number of alkyl halides is 3. The van der Waals surface area contributed by atoms with Gasteiger partial charge in [-0.2, -0.15) is 23.3 Å². The Labute approximate surface area is 173 Å². The predicted octanol–water partition coefficient (Wildman–Crippen LogP) is 3.37. The molecule has 0 saturated carbocycles. The van der Waals surface area contributed by atoms with Crippen LogP contribution in [-0.4, -0.2) is 65.2 Å². The molecule has 0 aliphatic carbocycles. The lowest BCUT2D eigenvalue weighted by molar-refractivity contribution is -0.174. The number of hydrogen-bond acceptors (Lipinski definition) is 6. The van der Waals surface area contributed by atoms with Crippen molar-refractivity contribution < 1.29 is 22.6 Å². The number of rotatable bonds is 6. The molecule has 164 valence electrons. The molecule has 7 nitrogen and oxygen atoms in total. The van der Waals surface area contributed by atoms with Gasteiger partial charge in [-0.1, -0.05) is 0 Å². The minimum absolute atomic E-state index is 0.0271. The van der Waals surface area contributed by atoms with Crippen LogP contribution in [0.1, 0.15) is 25.3 Å². The average molecular weight is 425 g/mol. The lowest BCUT2D eigenvalue weighted by atomic mass is 9.86. The third-order valence-corrected chi connectivity index (χ3v) is 5.88. The lowest BCUT2D eigenvalue weighted by Crippen LogP contribution is -2.48. The van der Waals surface area contributed by atoms with Crippen LogP contribution in [-0.2, 0) is 0 Å². The summed E-state index contributed by atoms with van der Waals surface area (Å²) in [6.45, 7) is 2.92. The molecule has 10 heteroatoms. The van der Waals surface area contributed by atoms with Gasteiger partial charge in [-0.05, 0) is 56.0 Å². The quantitative estimate of drug-likeness (QED) is 0.766. The zero-order valence-corrected chi connectivity index (χ0v) is 16.8. The summed E-state index contributed by atoms with van der Waals surface area (Å²) < 4.78 is 52.5. The first-order chi connectivity index (χ1) is 14.4. The van der Waals surface area contributed by atoms with Crippen molar-refractivity contribution in [1.82, 2.24) is 19.7 Å². The van der Waals surface area contributed by atoms with Crippen LogP contribution < -0.4 is 14.8 Å². The van der Waals surface area contributed by atoms with E-state index >= 15 is 0 Å². The number of likely N-dealkylation sites (tertiary alicyclic amines) is 1. The Morgan fingerprint density at radius 3 is 2.70 bits per heavy atom. The molecule has 1 aromatic carbocycles. The van der Waals surface area contributed by atoms with Gasteiger partial charge in [-0.3, -0.25) is 4.90 Å². The first-order valence-corrected chi connectivity index (χ1v) is 10.2. The summed E-state index contributed by atoms with van der Waals surface area (Å²) >= 11 is 0. The Hall–Kier alpha value is -2.49. The van der Waals surface area contributed by atoms with E-state index in [1.807, 2.05) is 24.3 Å². The molecule has 0 radical (unpaired) electrons. The van der Waals surface area contributed by atoms with E-state index in [-0.39, 0.29) is 24.3 Å². The number of halogens is 3. The van der Waals surface area contributed by atoms with Crippen LogP contribution in [0.2, 0.25) is 0 Å². The van der Waals surface area contributed by atoms with E-state index < -0.39 is 12.2 Å². The van der Waals surface area contributed by atoms with E-state index in [4.69, 9.17) is 9.47 Å². The first kappa shape index (κ1) is 20.8. The standard InChI is InChI=1S/C20H26F3N5O2/c1-29-15-4-6-16(7-5-15)30-10-9-27-8-2-3-14(12-27)17-11-18(20(21,22)23)28-19(26-17)24-13-25-28/h4-7,13-14,17-18H,2-3,8-12H2,1H3,(H,24,25,26)/t14?,17-,18+/m0/s1. The van der Waals surface area contributed by atoms with Crippen molar-refractivity contribution in [2.75, 3.05) is 38.7 Å². The number of nitrogens with one attached hydrogen (secondary N) is 1. The summed E-state index contributed by atoms with van der Waals surface area (Å²) in [4.78, 5) is 6.24. The van der Waals surface area contributed by atoms with Crippen LogP contribution in [0, 0.1) is 5.92 Å². The highest BCUT2D eigenvalue weighted by Crippen LogP contribution is 2.40. The molecule has 0 bridgehead atoms. The van der Waals surface area contributed by atoms with Crippen molar-refractivity contribution >= 4 is 5.95 Å². The summed E-state index contributed by atoms with van der Waals surface area (Å²) in [6, 6.07) is 5.50. The van der Waals surface area contributed by atoms with Gasteiger partial charge in [0.15, 0.2) is 6.04 Å². The van der Waals surface area contributed by atoms with Crippen LogP contribution in [0.3, 0.4) is 0 Å². The van der Waals surface area contributed by atoms with Gasteiger partial charge in [0.2, 0.25) is 5.95 Å². The molecule has 1 unspecified atom stereocenters. The Bertz CT molecular complexity index is 827. The summed E-state index contributed by atoms with van der Waals surface area (Å²) in [6.07, 6.45) is -1.35. The molecular formula is C20H26F3N5O2. The average Bonchev–Trinajstić information content (AvgIpc) is 3.21. The molecule has 1 fully saturated rings. The van der Waals surface area contributed by atoms with Gasteiger partial charge in [0.05, 0.1) is 7.11 Å². The molecule has 2 aliphatic rings. The van der Waals surface area contributed by atoms with Crippen molar-refractivity contribution in [3.8, 4) is 11.5 Å². The third kappa shape index (κ3) is 4.63. The second-order valence-corrected chi connectivity index (χ2v) is 7.80. The Balaban J connectivity index is 1.32. The van der Waals surface area contributed by atoms with Crippen LogP contribution in [0.4, 0.5) is 19.1 Å². The molecule has 0 amide bonds. The summed E-state index contributed by atoms with van der Waals surface area (Å²) in [5, 5.41) is 6.95. The number of methoxy groups -OCH3 is 1. The molecule has 1 N–H and O–H groups in total. The van der Waals surface area contributed by atoms with E-state index in [1.165, 1.54) is 6.33 Å². The van der Waals surface area contributed by atoms with Crippen molar-refractivity contribution in [1.29, 1.82) is 0 Å². The zero-order chi connectivity index (χ0) is 21.1. The van der Waals surface area contributed by atoms with Crippen molar-refractivity contribution in [3.63, 3.8) is 0 Å². The molecule has 0 spiro atoms. The second kappa shape index (κ2) is 8.71. The largest absolute Gasteiger partial charge is 0.497 e. The summed E-state index contributed by atoms with van der Waals surface area (Å²) in [5.74, 6) is 1.86. The van der Waals surface area contributed by atoms with Gasteiger partial charge in [0, 0.05) is 19.1 Å². The van der Waals surface area contributed by atoms with E-state index in [1.54, 1.807) is 7.11 Å². The monoisotopic (exact) mass is 425 g/mol. The number of anilines is 1. The number of ether oxygens (including phenoxy) is 2. The number of fused-ring (bicyclic) bond motifs is 1. The maximum atomic E-state index is 13.5. The lowest BCUT2D eigenvalue weighted by Gasteiger charge is -2.41. The predicted molar refractivity (Wildman–Crippen MR) is 105 cm³/mol. The topological polar surface area (TPSA) is 64.4 Å². The molecular weight excluding hydrogens is 399 g/mol. The Morgan fingerprint density at radius 2 is 1.97 bits per heavy atom. The van der Waals surface area contributed by atoms with Gasteiger partial charge in [-0.15, -0.1) is 0 Å². The fourth-order valence-corrected chi connectivity index (χ4v) is 4.32. The van der Waals surface area contributed by atoms with Crippen LogP contribution >= 0.6 is 0 Å². The molecule has 2 aliphatic heterocycles. The van der Waals surface area contributed by atoms with Crippen molar-refractivity contribution in [3.05, 3.63) is 30.6 Å². The van der Waals surface area contributed by atoms with E-state index in [0.29, 0.717) is 6.61 Å². The molecule has 2 aromatic rings. The van der Waals surface area contributed by atoms with Crippen LogP contribution in [0.15, 0.2) is 30.6 Å². The molecule has 1 saturated heterocycles. The summed E-state index contributed by atoms with van der Waals surface area (Å²) in [5.41, 5.74) is 0. The zero-order valence-electron chi connectivity index (χ0n) is 16.8. The van der Waals surface area contributed by atoms with Gasteiger partial charge < -0.3 is 14.8 Å².